The molecule has 140 valence electrons. The summed E-state index contributed by atoms with van der Waals surface area (Å²) in [6, 6.07) is -0.269. The number of nitrogens with one attached hydrogen (secondary N) is 1. The number of carbonyl (C=O) groups excluding carboxylic acids is 2. The van der Waals surface area contributed by atoms with Crippen molar-refractivity contribution in [2.75, 3.05) is 11.9 Å². The molecule has 1 aromatic heterocycles. The number of carbonyl (C=O) groups is 3. The number of aromatic nitrogens is 1. The third-order valence-electron chi connectivity index (χ3n) is 3.20. The van der Waals surface area contributed by atoms with E-state index >= 15 is 0 Å². The van der Waals surface area contributed by atoms with Crippen molar-refractivity contribution in [3.05, 3.63) is 11.8 Å². The van der Waals surface area contributed by atoms with Gasteiger partial charge in [-0.2, -0.15) is 13.2 Å². The number of aryl methyl sites for hydroxylation is 1. The number of carboxylic acids is 1. The van der Waals surface area contributed by atoms with E-state index in [1.54, 1.807) is 13.8 Å². The van der Waals surface area contributed by atoms with Crippen LogP contribution in [0.3, 0.4) is 0 Å². The Kier molecular flexibility index (Phi) is 6.95. The minimum absolute atomic E-state index is 0.0690. The standard InChI is InChI=1S/C14H18F3N3O5/c1-3-4-9(12(22)23)20(13(24)14(15,16)17)6-5-11(21)18-10-7-8(2)25-19-10/h7,9H,3-6H2,1-2H3,(H,22,23)(H,18,19,21). The quantitative estimate of drug-likeness (QED) is 0.728. The Morgan fingerprint density at radius 2 is 2.04 bits per heavy atom. The number of halogens is 3. The summed E-state index contributed by atoms with van der Waals surface area (Å²) in [5, 5.41) is 14.9. The maximum absolute atomic E-state index is 12.7. The summed E-state index contributed by atoms with van der Waals surface area (Å²) in [7, 11) is 0. The van der Waals surface area contributed by atoms with Gasteiger partial charge in [-0.15, -0.1) is 0 Å². The second-order valence-electron chi connectivity index (χ2n) is 5.26. The van der Waals surface area contributed by atoms with Crippen molar-refractivity contribution in [1.29, 1.82) is 0 Å². The lowest BCUT2D eigenvalue weighted by molar-refractivity contribution is -0.190. The number of aliphatic carboxylic acids is 1. The predicted molar refractivity (Wildman–Crippen MR) is 78.6 cm³/mol. The van der Waals surface area contributed by atoms with Gasteiger partial charge in [0.05, 0.1) is 0 Å². The lowest BCUT2D eigenvalue weighted by Gasteiger charge is -2.29. The Labute approximate surface area is 140 Å². The van der Waals surface area contributed by atoms with Gasteiger partial charge in [0.15, 0.2) is 5.82 Å². The van der Waals surface area contributed by atoms with Crippen LogP contribution in [0.5, 0.6) is 0 Å². The molecule has 0 fully saturated rings. The first-order chi connectivity index (χ1) is 11.6. The number of hydrogen-bond donors (Lipinski definition) is 2. The predicted octanol–water partition coefficient (Wildman–Crippen LogP) is 1.96. The van der Waals surface area contributed by atoms with E-state index in [1.807, 2.05) is 0 Å². The summed E-state index contributed by atoms with van der Waals surface area (Å²) in [5.41, 5.74) is 0. The van der Waals surface area contributed by atoms with Crippen LogP contribution in [-0.2, 0) is 14.4 Å². The van der Waals surface area contributed by atoms with Gasteiger partial charge >= 0.3 is 18.1 Å². The Morgan fingerprint density at radius 1 is 1.40 bits per heavy atom. The lowest BCUT2D eigenvalue weighted by atomic mass is 10.1. The van der Waals surface area contributed by atoms with E-state index in [0.717, 1.165) is 0 Å². The van der Waals surface area contributed by atoms with Crippen LogP contribution in [-0.4, -0.2) is 51.7 Å². The van der Waals surface area contributed by atoms with Gasteiger partial charge in [0, 0.05) is 19.0 Å². The maximum atomic E-state index is 12.7. The minimum atomic E-state index is -5.23. The number of rotatable bonds is 8. The molecule has 2 N–H and O–H groups in total. The fourth-order valence-corrected chi connectivity index (χ4v) is 2.10. The molecular formula is C14H18F3N3O5. The van der Waals surface area contributed by atoms with E-state index in [9.17, 15) is 27.6 Å². The Bertz CT molecular complexity index is 629. The molecule has 0 saturated heterocycles. The van der Waals surface area contributed by atoms with Crippen LogP contribution in [0, 0.1) is 6.92 Å². The monoisotopic (exact) mass is 365 g/mol. The van der Waals surface area contributed by atoms with Gasteiger partial charge in [-0.25, -0.2) is 4.79 Å². The van der Waals surface area contributed by atoms with E-state index in [0.29, 0.717) is 5.76 Å². The Balaban J connectivity index is 2.83. The first kappa shape index (κ1) is 20.5. The van der Waals surface area contributed by atoms with Crippen LogP contribution in [0.4, 0.5) is 19.0 Å². The molecule has 0 spiro atoms. The molecule has 0 aliphatic carbocycles. The first-order valence-electron chi connectivity index (χ1n) is 7.40. The second kappa shape index (κ2) is 8.49. The van der Waals surface area contributed by atoms with Crippen LogP contribution in [0.1, 0.15) is 31.9 Å². The zero-order valence-electron chi connectivity index (χ0n) is 13.6. The molecule has 0 radical (unpaired) electrons. The molecule has 1 rings (SSSR count). The highest BCUT2D eigenvalue weighted by Crippen LogP contribution is 2.22. The topological polar surface area (TPSA) is 113 Å². The number of amides is 2. The van der Waals surface area contributed by atoms with Crippen molar-refractivity contribution >= 4 is 23.6 Å². The van der Waals surface area contributed by atoms with Crippen LogP contribution < -0.4 is 5.32 Å². The first-order valence-corrected chi connectivity index (χ1v) is 7.40. The van der Waals surface area contributed by atoms with Crippen molar-refractivity contribution in [3.8, 4) is 0 Å². The van der Waals surface area contributed by atoms with Crippen molar-refractivity contribution in [2.24, 2.45) is 0 Å². The highest BCUT2D eigenvalue weighted by molar-refractivity contribution is 5.91. The van der Waals surface area contributed by atoms with Gasteiger partial charge in [-0.3, -0.25) is 9.59 Å². The number of nitrogens with zero attached hydrogens (tertiary/aromatic N) is 2. The van der Waals surface area contributed by atoms with Crippen LogP contribution in [0.15, 0.2) is 10.6 Å². The average Bonchev–Trinajstić information content (AvgIpc) is 2.89. The van der Waals surface area contributed by atoms with E-state index in [2.05, 4.69) is 10.5 Å². The molecular weight excluding hydrogens is 347 g/mol. The molecule has 1 aromatic rings. The number of hydrogen-bond acceptors (Lipinski definition) is 5. The minimum Gasteiger partial charge on any atom is -0.480 e. The molecule has 0 saturated carbocycles. The molecule has 0 aliphatic heterocycles. The molecule has 1 heterocycles. The van der Waals surface area contributed by atoms with Gasteiger partial charge in [0.2, 0.25) is 5.91 Å². The smallest absolute Gasteiger partial charge is 0.471 e. The third kappa shape index (κ3) is 6.08. The van der Waals surface area contributed by atoms with Gasteiger partial charge < -0.3 is 19.8 Å². The summed E-state index contributed by atoms with van der Waals surface area (Å²) in [6.45, 7) is 2.46. The summed E-state index contributed by atoms with van der Waals surface area (Å²) in [6.07, 6.45) is -5.67. The maximum Gasteiger partial charge on any atom is 0.471 e. The normalized spacial score (nSPS) is 12.5. The average molecular weight is 365 g/mol. The lowest BCUT2D eigenvalue weighted by Crippen LogP contribution is -2.51. The van der Waals surface area contributed by atoms with E-state index in [4.69, 9.17) is 9.63 Å². The Hall–Kier alpha value is -2.59. The molecule has 1 atom stereocenters. The zero-order valence-corrected chi connectivity index (χ0v) is 13.6. The molecule has 8 nitrogen and oxygen atoms in total. The molecule has 2 amide bonds. The van der Waals surface area contributed by atoms with Crippen molar-refractivity contribution in [3.63, 3.8) is 0 Å². The van der Waals surface area contributed by atoms with Crippen molar-refractivity contribution in [1.82, 2.24) is 10.1 Å². The summed E-state index contributed by atoms with van der Waals surface area (Å²) >= 11 is 0. The summed E-state index contributed by atoms with van der Waals surface area (Å²) in [5.74, 6) is -4.10. The Morgan fingerprint density at radius 3 is 2.48 bits per heavy atom. The highest BCUT2D eigenvalue weighted by Gasteiger charge is 2.46. The summed E-state index contributed by atoms with van der Waals surface area (Å²) in [4.78, 5) is 34.7. The number of carboxylic acid groups (broad SMARTS) is 1. The van der Waals surface area contributed by atoms with Gasteiger partial charge in [-0.05, 0) is 13.3 Å². The SMILES string of the molecule is CCCC(C(=O)O)N(CCC(=O)Nc1cc(C)on1)C(=O)C(F)(F)F. The van der Waals surface area contributed by atoms with E-state index in [-0.39, 0.29) is 23.6 Å². The second-order valence-corrected chi connectivity index (χ2v) is 5.26. The molecule has 11 heteroatoms. The molecule has 25 heavy (non-hydrogen) atoms. The van der Waals surface area contributed by atoms with Crippen LogP contribution in [0.25, 0.3) is 0 Å². The van der Waals surface area contributed by atoms with Crippen molar-refractivity contribution < 1.29 is 37.2 Å². The van der Waals surface area contributed by atoms with Gasteiger partial charge in [0.25, 0.3) is 0 Å². The summed E-state index contributed by atoms with van der Waals surface area (Å²) < 4.78 is 42.9. The van der Waals surface area contributed by atoms with E-state index in [1.165, 1.54) is 6.07 Å². The molecule has 0 aromatic carbocycles. The third-order valence-corrected chi connectivity index (χ3v) is 3.20. The van der Waals surface area contributed by atoms with Crippen LogP contribution in [0.2, 0.25) is 0 Å². The van der Waals surface area contributed by atoms with E-state index < -0.39 is 43.0 Å². The molecule has 0 aliphatic rings. The zero-order chi connectivity index (χ0) is 19.2. The molecule has 0 bridgehead atoms. The van der Waals surface area contributed by atoms with Gasteiger partial charge in [0.1, 0.15) is 11.8 Å². The van der Waals surface area contributed by atoms with Crippen LogP contribution >= 0.6 is 0 Å². The van der Waals surface area contributed by atoms with Crippen molar-refractivity contribution in [2.45, 2.75) is 45.3 Å². The van der Waals surface area contributed by atoms with Gasteiger partial charge in [-0.1, -0.05) is 18.5 Å². The fraction of sp³-hybridized carbons (Fsp3) is 0.571. The highest BCUT2D eigenvalue weighted by atomic mass is 19.4. The molecule has 1 unspecified atom stereocenters. The number of alkyl halides is 3. The fourth-order valence-electron chi connectivity index (χ4n) is 2.10. The number of anilines is 1. The largest absolute Gasteiger partial charge is 0.480 e.